The molecule has 5 heteroatoms. The van der Waals surface area contributed by atoms with E-state index >= 15 is 0 Å². The topological polar surface area (TPSA) is 49.8 Å². The predicted octanol–water partition coefficient (Wildman–Crippen LogP) is 2.14. The van der Waals surface area contributed by atoms with Gasteiger partial charge in [0.2, 0.25) is 0 Å². The van der Waals surface area contributed by atoms with Gasteiger partial charge >= 0.3 is 0 Å². The van der Waals surface area contributed by atoms with E-state index in [0.29, 0.717) is 6.54 Å². The van der Waals surface area contributed by atoms with Crippen LogP contribution in [0.15, 0.2) is 30.5 Å². The molecule has 1 aliphatic rings. The Morgan fingerprint density at radius 1 is 1.28 bits per heavy atom. The Balaban J connectivity index is 1.88. The number of aromatic nitrogens is 2. The largest absolute Gasteiger partial charge is 0.350 e. The zero-order valence-electron chi connectivity index (χ0n) is 9.94. The first-order chi connectivity index (χ1) is 8.72. The van der Waals surface area contributed by atoms with Gasteiger partial charge in [-0.2, -0.15) is 0 Å². The summed E-state index contributed by atoms with van der Waals surface area (Å²) in [5.74, 6) is 1.35. The zero-order valence-corrected chi connectivity index (χ0v) is 9.94. The molecule has 0 bridgehead atoms. The van der Waals surface area contributed by atoms with Gasteiger partial charge in [0.05, 0.1) is 0 Å². The molecule has 1 aromatic heterocycles. The number of nitrogens with zero attached hydrogens (tertiary/aromatic N) is 2. The minimum Gasteiger partial charge on any atom is -0.350 e. The number of anilines is 1. The van der Waals surface area contributed by atoms with Crippen LogP contribution in [-0.4, -0.2) is 9.97 Å². The van der Waals surface area contributed by atoms with Crippen molar-refractivity contribution in [3.05, 3.63) is 53.2 Å². The first-order valence-electron chi connectivity index (χ1n) is 5.80. The number of hydrogen-bond acceptors (Lipinski definition) is 4. The van der Waals surface area contributed by atoms with E-state index < -0.39 is 0 Å². The molecule has 0 radical (unpaired) electrons. The number of nitrogens with one attached hydrogen (secondary N) is 2. The molecule has 18 heavy (non-hydrogen) atoms. The van der Waals surface area contributed by atoms with E-state index in [1.54, 1.807) is 12.1 Å². The van der Waals surface area contributed by atoms with Crippen molar-refractivity contribution in [2.24, 2.45) is 0 Å². The van der Waals surface area contributed by atoms with E-state index in [9.17, 15) is 4.39 Å². The molecule has 3 rings (SSSR count). The molecule has 1 atom stereocenters. The third-order valence-electron chi connectivity index (χ3n) is 2.97. The molecule has 0 spiro atoms. The van der Waals surface area contributed by atoms with Crippen LogP contribution in [0.4, 0.5) is 10.2 Å². The van der Waals surface area contributed by atoms with Crippen LogP contribution in [0.1, 0.15) is 23.1 Å². The molecular formula is C13H13FN4. The summed E-state index contributed by atoms with van der Waals surface area (Å²) in [6.07, 6.45) is 1.77. The second kappa shape index (κ2) is 4.34. The standard InChI is InChI=1S/C13H13FN4/c1-8-15-6-10-7-16-12(18-13(10)17-8)9-2-4-11(14)5-3-9/h2-6,12,16H,7H2,1H3,(H,15,17,18)/t12-/m1/s1. The molecule has 0 fully saturated rings. The maximum absolute atomic E-state index is 12.9. The lowest BCUT2D eigenvalue weighted by atomic mass is 10.1. The Kier molecular flexibility index (Phi) is 2.68. The van der Waals surface area contributed by atoms with Gasteiger partial charge in [-0.15, -0.1) is 0 Å². The molecule has 2 aromatic rings. The molecule has 0 saturated carbocycles. The lowest BCUT2D eigenvalue weighted by Crippen LogP contribution is -2.33. The van der Waals surface area contributed by atoms with Crippen molar-refractivity contribution in [3.8, 4) is 0 Å². The van der Waals surface area contributed by atoms with Crippen LogP contribution in [0.25, 0.3) is 0 Å². The van der Waals surface area contributed by atoms with Crippen molar-refractivity contribution in [3.63, 3.8) is 0 Å². The summed E-state index contributed by atoms with van der Waals surface area (Å²) < 4.78 is 12.9. The van der Waals surface area contributed by atoms with E-state index in [0.717, 1.165) is 22.8 Å². The SMILES string of the molecule is Cc1ncc2c(n1)N[C@H](c1ccc(F)cc1)NC2. The first-order valence-corrected chi connectivity index (χ1v) is 5.80. The number of fused-ring (bicyclic) bond motifs is 1. The second-order valence-corrected chi connectivity index (χ2v) is 4.30. The van der Waals surface area contributed by atoms with Gasteiger partial charge in [0, 0.05) is 18.3 Å². The van der Waals surface area contributed by atoms with Gasteiger partial charge in [0.15, 0.2) is 0 Å². The first kappa shape index (κ1) is 11.1. The highest BCUT2D eigenvalue weighted by Crippen LogP contribution is 2.24. The van der Waals surface area contributed by atoms with Crippen molar-refractivity contribution in [2.45, 2.75) is 19.6 Å². The Morgan fingerprint density at radius 3 is 2.83 bits per heavy atom. The fourth-order valence-electron chi connectivity index (χ4n) is 2.01. The molecular weight excluding hydrogens is 231 g/mol. The summed E-state index contributed by atoms with van der Waals surface area (Å²) in [7, 11) is 0. The quantitative estimate of drug-likeness (QED) is 0.807. The summed E-state index contributed by atoms with van der Waals surface area (Å²) in [6, 6.07) is 6.44. The van der Waals surface area contributed by atoms with Crippen LogP contribution in [0.5, 0.6) is 0 Å². The van der Waals surface area contributed by atoms with Crippen molar-refractivity contribution in [2.75, 3.05) is 5.32 Å². The highest BCUT2D eigenvalue weighted by Gasteiger charge is 2.19. The van der Waals surface area contributed by atoms with Crippen LogP contribution < -0.4 is 10.6 Å². The van der Waals surface area contributed by atoms with Crippen LogP contribution in [0, 0.1) is 12.7 Å². The van der Waals surface area contributed by atoms with E-state index in [1.807, 2.05) is 13.1 Å². The molecule has 4 nitrogen and oxygen atoms in total. The normalized spacial score (nSPS) is 18.0. The summed E-state index contributed by atoms with van der Waals surface area (Å²) in [5, 5.41) is 6.61. The lowest BCUT2D eigenvalue weighted by molar-refractivity contribution is 0.556. The minimum atomic E-state index is -0.229. The van der Waals surface area contributed by atoms with Gasteiger partial charge < -0.3 is 5.32 Å². The van der Waals surface area contributed by atoms with E-state index in [2.05, 4.69) is 20.6 Å². The van der Waals surface area contributed by atoms with Crippen molar-refractivity contribution in [1.82, 2.24) is 15.3 Å². The van der Waals surface area contributed by atoms with Gasteiger partial charge in [-0.05, 0) is 24.6 Å². The molecule has 0 aliphatic carbocycles. The van der Waals surface area contributed by atoms with E-state index in [4.69, 9.17) is 0 Å². The van der Waals surface area contributed by atoms with Crippen LogP contribution in [0.3, 0.4) is 0 Å². The predicted molar refractivity (Wildman–Crippen MR) is 66.4 cm³/mol. The van der Waals surface area contributed by atoms with Gasteiger partial charge in [-0.1, -0.05) is 12.1 Å². The van der Waals surface area contributed by atoms with Gasteiger partial charge in [0.25, 0.3) is 0 Å². The average Bonchev–Trinajstić information content (AvgIpc) is 2.38. The van der Waals surface area contributed by atoms with E-state index in [-0.39, 0.29) is 12.0 Å². The number of aryl methyl sites for hydroxylation is 1. The van der Waals surface area contributed by atoms with Gasteiger partial charge in [-0.25, -0.2) is 14.4 Å². The van der Waals surface area contributed by atoms with Crippen molar-refractivity contribution < 1.29 is 4.39 Å². The maximum atomic E-state index is 12.9. The molecule has 0 saturated heterocycles. The molecule has 2 N–H and O–H groups in total. The van der Waals surface area contributed by atoms with Crippen molar-refractivity contribution in [1.29, 1.82) is 0 Å². The zero-order chi connectivity index (χ0) is 12.5. The van der Waals surface area contributed by atoms with Crippen LogP contribution in [-0.2, 0) is 6.54 Å². The van der Waals surface area contributed by atoms with Gasteiger partial charge in [-0.3, -0.25) is 5.32 Å². The Hall–Kier alpha value is -2.01. The molecule has 2 heterocycles. The third-order valence-corrected chi connectivity index (χ3v) is 2.97. The van der Waals surface area contributed by atoms with Crippen LogP contribution >= 0.6 is 0 Å². The fraction of sp³-hybridized carbons (Fsp3) is 0.231. The van der Waals surface area contributed by atoms with Crippen LogP contribution in [0.2, 0.25) is 0 Å². The lowest BCUT2D eigenvalue weighted by Gasteiger charge is -2.27. The monoisotopic (exact) mass is 244 g/mol. The highest BCUT2D eigenvalue weighted by atomic mass is 19.1. The maximum Gasteiger partial charge on any atom is 0.135 e. The number of rotatable bonds is 1. The smallest absolute Gasteiger partial charge is 0.135 e. The summed E-state index contributed by atoms with van der Waals surface area (Å²) in [4.78, 5) is 8.53. The Morgan fingerprint density at radius 2 is 2.06 bits per heavy atom. The third kappa shape index (κ3) is 2.04. The van der Waals surface area contributed by atoms with Crippen molar-refractivity contribution >= 4 is 5.82 Å². The van der Waals surface area contributed by atoms with E-state index in [1.165, 1.54) is 12.1 Å². The Labute approximate surface area is 104 Å². The second-order valence-electron chi connectivity index (χ2n) is 4.30. The number of hydrogen-bond donors (Lipinski definition) is 2. The summed E-state index contributed by atoms with van der Waals surface area (Å²) >= 11 is 0. The molecule has 92 valence electrons. The minimum absolute atomic E-state index is 0.0487. The summed E-state index contributed by atoms with van der Waals surface area (Å²) in [5.41, 5.74) is 2.03. The number of halogens is 1. The highest BCUT2D eigenvalue weighted by molar-refractivity contribution is 5.47. The molecule has 0 amide bonds. The average molecular weight is 244 g/mol. The van der Waals surface area contributed by atoms with Gasteiger partial charge in [0.1, 0.15) is 23.6 Å². The molecule has 0 unspecified atom stereocenters. The molecule has 1 aliphatic heterocycles. The molecule has 1 aromatic carbocycles. The summed E-state index contributed by atoms with van der Waals surface area (Å²) in [6.45, 7) is 2.56. The number of benzene rings is 1. The fourth-order valence-corrected chi connectivity index (χ4v) is 2.01. The Bertz CT molecular complexity index is 568.